The number of anilines is 1. The SMILES string of the molecule is CC(=O)c1ccc(F)cc1.CC(C)C(=O)CC(=O)c1ccc(F)cc1.CC(C)c1nc(N(C)S(C)(=O)=O)nc(-c2ccc(F)cc2)c1C=O.CN=C(C)N.Cc1nc(-c2ccc(F)cc2)c(C=O)c(C(C)C)n1.Cc1nc(-c2ccc(F)cc2)c(I)c(C(C)C)n1.Cc1nc(-c2ccc(F)cc2)cc(C(C)C)n1.Cl.[2H-].[2H]P(C)C=O.[K+]. The number of nitrogens with zero attached hydrogens (tertiary/aromatic N) is 10. The summed E-state index contributed by atoms with van der Waals surface area (Å²) in [4.78, 5) is 104. The summed E-state index contributed by atoms with van der Waals surface area (Å²) in [5.41, 5.74) is 15.6. The van der Waals surface area contributed by atoms with Crippen molar-refractivity contribution in [1.29, 1.82) is 1.28 Å². The van der Waals surface area contributed by atoms with Gasteiger partial charge in [0.05, 0.1) is 74.3 Å². The van der Waals surface area contributed by atoms with Crippen LogP contribution in [0, 0.1) is 65.2 Å². The third-order valence-electron chi connectivity index (χ3n) is 15.5. The van der Waals surface area contributed by atoms with E-state index in [2.05, 4.69) is 95.2 Å². The maximum absolute atomic E-state index is 13.2. The van der Waals surface area contributed by atoms with Gasteiger partial charge in [-0.2, -0.15) is 0 Å². The molecule has 1 atom stereocenters. The number of aldehydes is 2. The van der Waals surface area contributed by atoms with Gasteiger partial charge in [-0.1, -0.05) is 77.8 Å². The Hall–Kier alpha value is -8.45. The molecule has 0 aliphatic rings. The molecule has 1 unspecified atom stereocenters. The Balaban J connectivity index is 0.00000134. The van der Waals surface area contributed by atoms with Crippen molar-refractivity contribution >= 4 is 101 Å². The molecule has 0 spiro atoms. The molecule has 10 aromatic rings. The van der Waals surface area contributed by atoms with Crippen LogP contribution in [0.15, 0.2) is 157 Å². The predicted molar refractivity (Wildman–Crippen MR) is 451 cm³/mol. The van der Waals surface area contributed by atoms with Gasteiger partial charge in [0.15, 0.2) is 24.1 Å². The number of ketones is 3. The summed E-state index contributed by atoms with van der Waals surface area (Å²) in [6.45, 7) is 29.9. The number of nitrogens with two attached hydrogens (primary N) is 1. The summed E-state index contributed by atoms with van der Waals surface area (Å²) < 4.78 is 109. The number of rotatable bonds is 18. The zero-order valence-corrected chi connectivity index (χ0v) is 75.3. The minimum Gasteiger partial charge on any atom is -1.00 e. The van der Waals surface area contributed by atoms with Gasteiger partial charge in [0.2, 0.25) is 16.0 Å². The van der Waals surface area contributed by atoms with Gasteiger partial charge in [0.1, 0.15) is 64.2 Å². The Kier molecular flexibility index (Phi) is 45.9. The number of sulfonamides is 1. The molecule has 4 aromatic heterocycles. The van der Waals surface area contributed by atoms with Gasteiger partial charge >= 0.3 is 51.4 Å². The van der Waals surface area contributed by atoms with E-state index in [1.807, 2.05) is 47.6 Å². The van der Waals surface area contributed by atoms with Gasteiger partial charge in [-0.15, -0.1) is 12.4 Å². The molecule has 114 heavy (non-hydrogen) atoms. The van der Waals surface area contributed by atoms with Crippen LogP contribution < -0.4 is 61.4 Å². The standard InChI is InChI=1S/C16H18FN3O3S.C15H15FN2O.C14H14FIN2.C14H15FN2.C12H13FO2.C8H7FO.C3H8N2.C2H5OP.ClH.K.H/c1-10(2)14-13(9-21)15(11-5-7-12(17)8-6-11)19-16(18-14)20(3)24(4,22)23;1-9(2)14-13(8-19)15(18-10(3)17-14)11-4-6-12(16)7-5-11;1-8(2)13-12(16)14(18-9(3)17-13)10-4-6-11(15)7-5-10;1-9(2)13-8-14(17-10(3)16-13)11-4-6-12(15)7-5-11;1-8(2)11(14)7-12(15)9-3-5-10(13)6-4-9;1-6(10)7-2-4-8(9)5-3-7;1-3(4)5-2;1-4-2-3;;;/h5-10H,1-4H3;4-9H,1-3H3;4-8H,1-3H3;4-9H,1-3H3;3-6,8H,7H2,1-2H3;2-5H,1H3;1-2H3,(H2,4,5);2,4H,1H3;1H;;/q;;;;;;;;;+1;-1/i;;;;;;;4D;;;1+1. The molecule has 0 radical (unpaired) electrons. The number of aryl methyl sites for hydroxylation is 3. The summed E-state index contributed by atoms with van der Waals surface area (Å²) >= 11 is 2.27. The van der Waals surface area contributed by atoms with Crippen molar-refractivity contribution in [2.24, 2.45) is 16.6 Å². The number of carbonyl (C=O) groups excluding carboxylic acids is 6. The van der Waals surface area contributed by atoms with Crippen molar-refractivity contribution in [3.05, 3.63) is 253 Å². The van der Waals surface area contributed by atoms with Crippen molar-refractivity contribution < 1.29 is 116 Å². The van der Waals surface area contributed by atoms with E-state index in [1.54, 1.807) is 77.8 Å². The molecule has 0 saturated carbocycles. The number of hydrogen-bond acceptors (Lipinski definition) is 17. The quantitative estimate of drug-likeness (QED) is 0.00961. The summed E-state index contributed by atoms with van der Waals surface area (Å²) in [6.07, 6.45) is 2.34. The first kappa shape index (κ1) is 102. The predicted octanol–water partition coefficient (Wildman–Crippen LogP) is 16.8. The van der Waals surface area contributed by atoms with Crippen molar-refractivity contribution in [1.82, 2.24) is 39.9 Å². The van der Waals surface area contributed by atoms with Crippen LogP contribution in [0.1, 0.15) is 196 Å². The Bertz CT molecular complexity index is 4980. The average Bonchev–Trinajstić information content (AvgIpc) is 0.784. The normalized spacial score (nSPS) is 10.9. The zero-order valence-electron chi connectivity index (χ0n) is 69.5. The van der Waals surface area contributed by atoms with Gasteiger partial charge in [0, 0.05) is 59.1 Å². The molecule has 0 bridgehead atoms. The largest absolute Gasteiger partial charge is 1.00 e. The van der Waals surface area contributed by atoms with E-state index in [1.165, 1.54) is 123 Å². The second-order valence-corrected chi connectivity index (χ2v) is 30.1. The number of amidine groups is 1. The molecule has 30 heteroatoms. The Labute approximate surface area is 731 Å². The number of aromatic nitrogens is 8. The van der Waals surface area contributed by atoms with Crippen LogP contribution in [-0.2, 0) is 19.6 Å². The summed E-state index contributed by atoms with van der Waals surface area (Å²) in [5, 5.41) is 0. The fraction of sp³-hybridized carbons (Fsp3) is 0.298. The first-order valence-corrected chi connectivity index (χ1v) is 39.3. The molecule has 0 amide bonds. The summed E-state index contributed by atoms with van der Waals surface area (Å²) in [6, 6.07) is 37.5. The van der Waals surface area contributed by atoms with Crippen molar-refractivity contribution in [2.75, 3.05) is 31.3 Å². The maximum Gasteiger partial charge on any atom is 1.00 e. The van der Waals surface area contributed by atoms with E-state index >= 15 is 0 Å². The molecule has 19 nitrogen and oxygen atoms in total. The number of halogens is 8. The Morgan fingerprint density at radius 1 is 0.535 bits per heavy atom. The van der Waals surface area contributed by atoms with Gasteiger partial charge in [-0.05, 0) is 239 Å². The molecular weight excluding hydrogens is 1670 g/mol. The van der Waals surface area contributed by atoms with Crippen LogP contribution in [0.5, 0.6) is 0 Å². The fourth-order valence-electron chi connectivity index (χ4n) is 9.34. The second-order valence-electron chi connectivity index (χ2n) is 26.3. The Morgan fingerprint density at radius 2 is 0.860 bits per heavy atom. The monoisotopic (exact) mass is 1770 g/mol. The molecule has 4 heterocycles. The number of hydrogen-bond donors (Lipinski definition) is 1. The van der Waals surface area contributed by atoms with Crippen LogP contribution >= 0.6 is 43.5 Å². The molecule has 0 aliphatic carbocycles. The van der Waals surface area contributed by atoms with Crippen molar-refractivity contribution in [3.8, 4) is 45.0 Å². The van der Waals surface area contributed by atoms with E-state index in [-0.39, 0.29) is 153 Å². The molecule has 0 saturated heterocycles. The van der Waals surface area contributed by atoms with Crippen molar-refractivity contribution in [3.63, 3.8) is 0 Å². The number of benzene rings is 6. The Morgan fingerprint density at radius 3 is 1.19 bits per heavy atom. The first-order chi connectivity index (χ1) is 53.0. The van der Waals surface area contributed by atoms with Crippen LogP contribution in [0.2, 0.25) is 0 Å². The molecule has 6 aromatic carbocycles. The average molecular weight is 1770 g/mol. The van der Waals surface area contributed by atoms with Gasteiger partial charge in [0.25, 0.3) is 0 Å². The van der Waals surface area contributed by atoms with Gasteiger partial charge < -0.3 is 7.16 Å². The molecule has 604 valence electrons. The maximum atomic E-state index is 13.2. The summed E-state index contributed by atoms with van der Waals surface area (Å²) in [5.74, 6) is 0.961. The van der Waals surface area contributed by atoms with Crippen LogP contribution in [0.4, 0.5) is 32.3 Å². The van der Waals surface area contributed by atoms with Crippen LogP contribution in [-0.4, -0.2) is 118 Å². The zero-order chi connectivity index (χ0) is 85.3. The number of Topliss-reactive ketones (excluding diaryl/α,β-unsaturated/α-hetero) is 3. The molecule has 10 rings (SSSR count). The summed E-state index contributed by atoms with van der Waals surface area (Å²) in [7, 11) is -1.59. The minimum atomic E-state index is -3.56. The van der Waals surface area contributed by atoms with Crippen molar-refractivity contribution in [2.45, 2.75) is 134 Å². The minimum absolute atomic E-state index is 0. The number of aliphatic imine (C=N–C) groups is 1. The van der Waals surface area contributed by atoms with E-state index in [9.17, 15) is 63.5 Å². The first-order valence-electron chi connectivity index (χ1n) is 35.4. The topological polar surface area (TPSA) is 281 Å². The van der Waals surface area contributed by atoms with E-state index < -0.39 is 24.4 Å². The third kappa shape index (κ3) is 34.9. The fourth-order valence-corrected chi connectivity index (χ4v) is 10.9. The van der Waals surface area contributed by atoms with Gasteiger partial charge in [-0.3, -0.25) is 33.8 Å². The van der Waals surface area contributed by atoms with E-state index in [4.69, 9.17) is 7.01 Å². The smallest absolute Gasteiger partial charge is 1.00 e. The number of carbonyl (C=O) groups is 6. The molecule has 0 aliphatic heterocycles. The van der Waals surface area contributed by atoms with Gasteiger partial charge in [-0.25, -0.2) is 78.9 Å². The third-order valence-corrected chi connectivity index (χ3v) is 17.9. The molecular formula is C84H97ClF6IKN11O8PS. The van der Waals surface area contributed by atoms with E-state index in [0.29, 0.717) is 69.5 Å². The van der Waals surface area contributed by atoms with E-state index in [0.717, 1.165) is 77.2 Å². The molecule has 0 fully saturated rings. The van der Waals surface area contributed by atoms with Crippen LogP contribution in [0.25, 0.3) is 45.0 Å². The molecule has 2 N–H and O–H groups in total. The van der Waals surface area contributed by atoms with Crippen LogP contribution in [0.3, 0.4) is 0 Å². The second kappa shape index (κ2) is 51.5.